The first kappa shape index (κ1) is 21.1. The molecule has 5 fully saturated rings. The summed E-state index contributed by atoms with van der Waals surface area (Å²) in [5.74, 6) is 9.28. The molecular formula is C29H39NO2. The molecule has 2 saturated heterocycles. The van der Waals surface area contributed by atoms with Gasteiger partial charge in [-0.25, -0.2) is 0 Å². The topological polar surface area (TPSA) is 55.5 Å². The van der Waals surface area contributed by atoms with E-state index in [1.807, 2.05) is 12.1 Å². The molecule has 2 aliphatic heterocycles. The molecule has 6 aliphatic rings. The molecular weight excluding hydrogens is 394 g/mol. The van der Waals surface area contributed by atoms with E-state index >= 15 is 0 Å². The normalized spacial score (nSPS) is 41.2. The van der Waals surface area contributed by atoms with Crippen LogP contribution in [-0.4, -0.2) is 22.4 Å². The third-order valence-electron chi connectivity index (χ3n) is 10.2. The Kier molecular flexibility index (Phi) is 4.77. The molecule has 1 aromatic rings. The van der Waals surface area contributed by atoms with Gasteiger partial charge in [-0.15, -0.1) is 0 Å². The summed E-state index contributed by atoms with van der Waals surface area (Å²) in [5, 5.41) is 10.2. The van der Waals surface area contributed by atoms with E-state index in [1.165, 1.54) is 62.5 Å². The highest BCUT2D eigenvalue weighted by molar-refractivity contribution is 5.38. The summed E-state index contributed by atoms with van der Waals surface area (Å²) in [6.07, 6.45) is 13.5. The Morgan fingerprint density at radius 2 is 1.91 bits per heavy atom. The van der Waals surface area contributed by atoms with Crippen molar-refractivity contribution in [2.75, 3.05) is 0 Å². The first-order valence-electron chi connectivity index (χ1n) is 13.1. The average molecular weight is 434 g/mol. The first-order valence-corrected chi connectivity index (χ1v) is 13.1. The Morgan fingerprint density at radius 3 is 2.69 bits per heavy atom. The third kappa shape index (κ3) is 3.17. The Labute approximate surface area is 193 Å². The van der Waals surface area contributed by atoms with Crippen molar-refractivity contribution in [3.8, 4) is 17.6 Å². The molecule has 2 heterocycles. The van der Waals surface area contributed by atoms with Gasteiger partial charge in [0.15, 0.2) is 0 Å². The molecule has 4 bridgehead atoms. The number of hydrogen-bond acceptors (Lipinski definition) is 3. The Hall–Kier alpha value is -1.50. The van der Waals surface area contributed by atoms with E-state index in [0.29, 0.717) is 35.3 Å². The van der Waals surface area contributed by atoms with Gasteiger partial charge in [0.2, 0.25) is 0 Å². The smallest absolute Gasteiger partial charge is 0.115 e. The van der Waals surface area contributed by atoms with Gasteiger partial charge in [0.1, 0.15) is 5.75 Å². The summed E-state index contributed by atoms with van der Waals surface area (Å²) in [6.45, 7) is 4.55. The molecule has 2 spiro atoms. The molecule has 172 valence electrons. The molecule has 4 aliphatic carbocycles. The SMILES string of the molecule is CC1(C)O[C@@]23CC[C@H]1[C@H](N)[C@H]2C#CCc1cc(O)ccc1C[C@@H]1C[C@H]3CC2(CCCC2)C1. The maximum Gasteiger partial charge on any atom is 0.115 e. The van der Waals surface area contributed by atoms with Crippen LogP contribution in [0.5, 0.6) is 5.75 Å². The van der Waals surface area contributed by atoms with Gasteiger partial charge >= 0.3 is 0 Å². The van der Waals surface area contributed by atoms with Crippen molar-refractivity contribution in [1.29, 1.82) is 0 Å². The lowest BCUT2D eigenvalue weighted by Gasteiger charge is -2.64. The Bertz CT molecular complexity index is 965. The van der Waals surface area contributed by atoms with Crippen LogP contribution in [0.15, 0.2) is 18.2 Å². The van der Waals surface area contributed by atoms with Crippen LogP contribution >= 0.6 is 0 Å². The predicted octanol–water partition coefficient (Wildman–Crippen LogP) is 5.37. The molecule has 0 amide bonds. The molecule has 7 rings (SSSR count). The zero-order valence-electron chi connectivity index (χ0n) is 19.8. The maximum atomic E-state index is 10.2. The fourth-order valence-electron chi connectivity index (χ4n) is 8.93. The summed E-state index contributed by atoms with van der Waals surface area (Å²) in [4.78, 5) is 0. The number of fused-ring (bicyclic) bond motifs is 5. The number of benzene rings is 1. The molecule has 3 saturated carbocycles. The summed E-state index contributed by atoms with van der Waals surface area (Å²) >= 11 is 0. The minimum Gasteiger partial charge on any atom is -0.508 e. The van der Waals surface area contributed by atoms with Gasteiger partial charge in [-0.1, -0.05) is 30.7 Å². The van der Waals surface area contributed by atoms with Crippen LogP contribution in [-0.2, 0) is 17.6 Å². The van der Waals surface area contributed by atoms with Crippen molar-refractivity contribution in [3.05, 3.63) is 29.3 Å². The molecule has 3 nitrogen and oxygen atoms in total. The minimum atomic E-state index is -0.197. The number of hydrogen-bond donors (Lipinski definition) is 2. The summed E-state index contributed by atoms with van der Waals surface area (Å²) in [5.41, 5.74) is 9.71. The second-order valence-electron chi connectivity index (χ2n) is 12.4. The van der Waals surface area contributed by atoms with Gasteiger partial charge in [0.05, 0.1) is 17.1 Å². The quantitative estimate of drug-likeness (QED) is 0.541. The van der Waals surface area contributed by atoms with Crippen molar-refractivity contribution in [2.24, 2.45) is 34.8 Å². The van der Waals surface area contributed by atoms with Crippen molar-refractivity contribution >= 4 is 0 Å². The molecule has 0 unspecified atom stereocenters. The highest BCUT2D eigenvalue weighted by Gasteiger charge is 2.64. The minimum absolute atomic E-state index is 0.0873. The predicted molar refractivity (Wildman–Crippen MR) is 127 cm³/mol. The van der Waals surface area contributed by atoms with Crippen molar-refractivity contribution in [1.82, 2.24) is 0 Å². The van der Waals surface area contributed by atoms with E-state index in [-0.39, 0.29) is 23.2 Å². The Balaban J connectivity index is 1.48. The highest BCUT2D eigenvalue weighted by Crippen LogP contribution is 2.62. The molecule has 1 aromatic carbocycles. The first-order chi connectivity index (χ1) is 15.3. The standard InChI is InChI=1S/C29H39NO2/c1-27(2)24-10-13-29(32-27)22-15-19(17-28(18-22)11-3-4-12-28)14-21-8-9-23(31)16-20(21)6-5-7-25(29)26(24)30/h8-9,16,19,22,24-26,31H,3-4,6,10-15,17-18,30H2,1-2H3/t19-,22+,24+,25-,26+,29-/m1/s1. The fourth-order valence-corrected chi connectivity index (χ4v) is 8.93. The zero-order chi connectivity index (χ0) is 22.1. The number of phenols is 1. The third-order valence-corrected chi connectivity index (χ3v) is 10.2. The molecule has 3 N–H and O–H groups in total. The van der Waals surface area contributed by atoms with Crippen LogP contribution in [0.3, 0.4) is 0 Å². The lowest BCUT2D eigenvalue weighted by Crippen LogP contribution is -2.71. The van der Waals surface area contributed by atoms with Gasteiger partial charge in [-0.05, 0) is 106 Å². The summed E-state index contributed by atoms with van der Waals surface area (Å²) in [7, 11) is 0. The van der Waals surface area contributed by atoms with Crippen molar-refractivity contribution in [3.63, 3.8) is 0 Å². The average Bonchev–Trinajstić information content (AvgIpc) is 3.17. The highest BCUT2D eigenvalue weighted by atomic mass is 16.5. The van der Waals surface area contributed by atoms with E-state index in [1.54, 1.807) is 0 Å². The van der Waals surface area contributed by atoms with E-state index in [4.69, 9.17) is 10.5 Å². The van der Waals surface area contributed by atoms with E-state index in [0.717, 1.165) is 12.8 Å². The van der Waals surface area contributed by atoms with Crippen LogP contribution in [0.25, 0.3) is 0 Å². The van der Waals surface area contributed by atoms with Crippen LogP contribution < -0.4 is 5.73 Å². The fraction of sp³-hybridized carbons (Fsp3) is 0.724. The van der Waals surface area contributed by atoms with Gasteiger partial charge in [0, 0.05) is 18.4 Å². The van der Waals surface area contributed by atoms with Crippen molar-refractivity contribution < 1.29 is 9.84 Å². The number of phenolic OH excluding ortho intramolecular Hbond substituents is 1. The van der Waals surface area contributed by atoms with Crippen LogP contribution in [0, 0.1) is 40.9 Å². The number of nitrogens with two attached hydrogens (primary N) is 1. The summed E-state index contributed by atoms with van der Waals surface area (Å²) in [6, 6.07) is 6.04. The number of ether oxygens (including phenoxy) is 1. The number of rotatable bonds is 0. The van der Waals surface area contributed by atoms with Crippen LogP contribution in [0.4, 0.5) is 0 Å². The molecule has 3 heteroatoms. The van der Waals surface area contributed by atoms with Gasteiger partial charge < -0.3 is 15.6 Å². The zero-order valence-corrected chi connectivity index (χ0v) is 19.8. The maximum absolute atomic E-state index is 10.2. The molecule has 0 radical (unpaired) electrons. The lowest BCUT2D eigenvalue weighted by atomic mass is 9.51. The van der Waals surface area contributed by atoms with Crippen LogP contribution in [0.1, 0.15) is 82.8 Å². The van der Waals surface area contributed by atoms with E-state index in [2.05, 4.69) is 31.8 Å². The lowest BCUT2D eigenvalue weighted by molar-refractivity contribution is -0.289. The van der Waals surface area contributed by atoms with Gasteiger partial charge in [0.25, 0.3) is 0 Å². The van der Waals surface area contributed by atoms with Crippen LogP contribution in [0.2, 0.25) is 0 Å². The largest absolute Gasteiger partial charge is 0.508 e. The molecule has 6 atom stereocenters. The van der Waals surface area contributed by atoms with E-state index < -0.39 is 0 Å². The summed E-state index contributed by atoms with van der Waals surface area (Å²) < 4.78 is 7.17. The second kappa shape index (κ2) is 7.25. The Morgan fingerprint density at radius 1 is 1.09 bits per heavy atom. The van der Waals surface area contributed by atoms with Gasteiger partial charge in [-0.3, -0.25) is 0 Å². The monoisotopic (exact) mass is 433 g/mol. The second-order valence-corrected chi connectivity index (χ2v) is 12.4. The molecule has 32 heavy (non-hydrogen) atoms. The number of aromatic hydroxyl groups is 1. The molecule has 0 aromatic heterocycles. The van der Waals surface area contributed by atoms with Crippen molar-refractivity contribution in [2.45, 2.75) is 102 Å². The van der Waals surface area contributed by atoms with Gasteiger partial charge in [-0.2, -0.15) is 0 Å². The van der Waals surface area contributed by atoms with E-state index in [9.17, 15) is 5.11 Å².